The number of urea groups is 1. The van der Waals surface area contributed by atoms with Crippen LogP contribution in [0.25, 0.3) is 0 Å². The molecule has 0 aliphatic carbocycles. The van der Waals surface area contributed by atoms with Crippen molar-refractivity contribution in [1.82, 2.24) is 10.2 Å². The van der Waals surface area contributed by atoms with E-state index in [0.29, 0.717) is 30.8 Å². The SMILES string of the molecule is Cc1cccc(N2CCN(C(=O)c3ccc(N4C(=O)NC5CC4(C)Oc4ccccc45)cc3)CC2)c1C. The molecule has 0 saturated carbocycles. The number of anilines is 2. The lowest BCUT2D eigenvalue weighted by Crippen LogP contribution is -2.65. The van der Waals surface area contributed by atoms with Crippen molar-refractivity contribution in [3.8, 4) is 5.75 Å². The average Bonchev–Trinajstić information content (AvgIpc) is 2.90. The van der Waals surface area contributed by atoms with Gasteiger partial charge < -0.3 is 19.9 Å². The van der Waals surface area contributed by atoms with Crippen LogP contribution >= 0.6 is 0 Å². The van der Waals surface area contributed by atoms with Crippen LogP contribution in [0.1, 0.15) is 46.4 Å². The first-order chi connectivity index (χ1) is 17.8. The van der Waals surface area contributed by atoms with Crippen LogP contribution in [0, 0.1) is 13.8 Å². The number of rotatable bonds is 3. The molecule has 3 aliphatic heterocycles. The van der Waals surface area contributed by atoms with Gasteiger partial charge in [0.05, 0.1) is 6.04 Å². The van der Waals surface area contributed by atoms with Gasteiger partial charge in [0, 0.05) is 55.1 Å². The van der Waals surface area contributed by atoms with Crippen LogP contribution in [-0.2, 0) is 0 Å². The third-order valence-corrected chi connectivity index (χ3v) is 8.04. The first kappa shape index (κ1) is 23.4. The van der Waals surface area contributed by atoms with Crippen molar-refractivity contribution in [2.75, 3.05) is 36.0 Å². The molecule has 3 amide bonds. The van der Waals surface area contributed by atoms with Gasteiger partial charge in [-0.25, -0.2) is 4.79 Å². The van der Waals surface area contributed by atoms with Crippen LogP contribution in [0.4, 0.5) is 16.2 Å². The summed E-state index contributed by atoms with van der Waals surface area (Å²) >= 11 is 0. The fourth-order valence-corrected chi connectivity index (χ4v) is 5.88. The van der Waals surface area contributed by atoms with Crippen LogP contribution in [0.2, 0.25) is 0 Å². The zero-order valence-electron chi connectivity index (χ0n) is 21.5. The van der Waals surface area contributed by atoms with Crippen LogP contribution in [0.15, 0.2) is 66.7 Å². The minimum absolute atomic E-state index is 0.0179. The van der Waals surface area contributed by atoms with Gasteiger partial charge in [-0.2, -0.15) is 0 Å². The number of nitrogens with one attached hydrogen (secondary N) is 1. The summed E-state index contributed by atoms with van der Waals surface area (Å²) in [6.07, 6.45) is 0.640. The van der Waals surface area contributed by atoms with Gasteiger partial charge in [0.1, 0.15) is 5.75 Å². The number of carbonyl (C=O) groups is 2. The lowest BCUT2D eigenvalue weighted by Gasteiger charge is -2.50. The molecule has 0 radical (unpaired) electrons. The molecule has 3 aromatic carbocycles. The Morgan fingerprint density at radius 1 is 0.946 bits per heavy atom. The standard InChI is InChI=1S/C30H32N4O3/c1-20-7-6-9-26(21(20)2)32-15-17-33(18-16-32)28(35)22-11-13-23(14-12-22)34-29(36)31-25-19-30(34,3)37-27-10-5-4-8-24(25)27/h4-14,25H,15-19H2,1-3H3,(H,31,36). The Balaban J connectivity index is 1.16. The smallest absolute Gasteiger partial charge is 0.325 e. The maximum absolute atomic E-state index is 13.3. The Morgan fingerprint density at radius 3 is 2.43 bits per heavy atom. The molecule has 2 saturated heterocycles. The highest BCUT2D eigenvalue weighted by Gasteiger charge is 2.49. The van der Waals surface area contributed by atoms with Gasteiger partial charge in [-0.05, 0) is 68.3 Å². The van der Waals surface area contributed by atoms with E-state index in [0.717, 1.165) is 24.4 Å². The van der Waals surface area contributed by atoms with Gasteiger partial charge in [-0.1, -0.05) is 30.3 Å². The fraction of sp³-hybridized carbons (Fsp3) is 0.333. The van der Waals surface area contributed by atoms with Crippen LogP contribution in [0.5, 0.6) is 5.75 Å². The molecule has 0 aromatic heterocycles. The molecule has 7 nitrogen and oxygen atoms in total. The maximum atomic E-state index is 13.3. The Morgan fingerprint density at radius 2 is 1.68 bits per heavy atom. The third-order valence-electron chi connectivity index (χ3n) is 8.04. The van der Waals surface area contributed by atoms with E-state index in [2.05, 4.69) is 42.3 Å². The van der Waals surface area contributed by atoms with E-state index < -0.39 is 5.72 Å². The fourth-order valence-electron chi connectivity index (χ4n) is 5.88. The summed E-state index contributed by atoms with van der Waals surface area (Å²) in [7, 11) is 0. The average molecular weight is 497 g/mol. The van der Waals surface area contributed by atoms with Crippen molar-refractivity contribution < 1.29 is 14.3 Å². The molecular formula is C30H32N4O3. The van der Waals surface area contributed by atoms with Gasteiger partial charge in [-0.15, -0.1) is 0 Å². The lowest BCUT2D eigenvalue weighted by atomic mass is 9.90. The highest BCUT2D eigenvalue weighted by Crippen LogP contribution is 2.45. The minimum atomic E-state index is -0.808. The van der Waals surface area contributed by atoms with Crippen molar-refractivity contribution >= 4 is 23.3 Å². The number of nitrogens with zero attached hydrogens (tertiary/aromatic N) is 3. The van der Waals surface area contributed by atoms with E-state index in [1.54, 1.807) is 4.90 Å². The second-order valence-electron chi connectivity index (χ2n) is 10.4. The van der Waals surface area contributed by atoms with Crippen molar-refractivity contribution in [2.45, 2.75) is 39.0 Å². The molecule has 2 unspecified atom stereocenters. The van der Waals surface area contributed by atoms with E-state index in [1.165, 1.54) is 16.8 Å². The first-order valence-corrected chi connectivity index (χ1v) is 12.9. The highest BCUT2D eigenvalue weighted by atomic mass is 16.5. The number of piperazine rings is 1. The molecule has 7 heteroatoms. The lowest BCUT2D eigenvalue weighted by molar-refractivity contribution is 0.0379. The summed E-state index contributed by atoms with van der Waals surface area (Å²) in [6.45, 7) is 9.20. The van der Waals surface area contributed by atoms with Crippen LogP contribution < -0.4 is 19.9 Å². The number of carbonyl (C=O) groups excluding carboxylic acids is 2. The number of ether oxygens (including phenoxy) is 1. The van der Waals surface area contributed by atoms with Crippen molar-refractivity contribution in [1.29, 1.82) is 0 Å². The van der Waals surface area contributed by atoms with Crippen LogP contribution in [-0.4, -0.2) is 48.7 Å². The summed E-state index contributed by atoms with van der Waals surface area (Å²) in [5, 5.41) is 3.12. The molecule has 2 bridgehead atoms. The second-order valence-corrected chi connectivity index (χ2v) is 10.4. The number of hydrogen-bond donors (Lipinski definition) is 1. The van der Waals surface area contributed by atoms with Gasteiger partial charge >= 0.3 is 6.03 Å². The van der Waals surface area contributed by atoms with E-state index in [1.807, 2.05) is 60.4 Å². The summed E-state index contributed by atoms with van der Waals surface area (Å²) in [4.78, 5) is 32.4. The normalized spacial score (nSPS) is 22.7. The summed E-state index contributed by atoms with van der Waals surface area (Å²) in [6, 6.07) is 21.3. The number of hydrogen-bond acceptors (Lipinski definition) is 4. The molecule has 1 N–H and O–H groups in total. The van der Waals surface area contributed by atoms with Gasteiger partial charge in [0.25, 0.3) is 5.91 Å². The Labute approximate surface area is 217 Å². The summed E-state index contributed by atoms with van der Waals surface area (Å²) < 4.78 is 6.35. The topological polar surface area (TPSA) is 65.1 Å². The van der Waals surface area contributed by atoms with Gasteiger partial charge in [0.2, 0.25) is 0 Å². The van der Waals surface area contributed by atoms with E-state index in [9.17, 15) is 9.59 Å². The number of para-hydroxylation sites is 1. The predicted molar refractivity (Wildman–Crippen MR) is 144 cm³/mol. The number of amides is 3. The molecule has 37 heavy (non-hydrogen) atoms. The highest BCUT2D eigenvalue weighted by molar-refractivity contribution is 5.97. The largest absolute Gasteiger partial charge is 0.467 e. The predicted octanol–water partition coefficient (Wildman–Crippen LogP) is 5.04. The molecule has 190 valence electrons. The van der Waals surface area contributed by atoms with Crippen molar-refractivity contribution in [3.63, 3.8) is 0 Å². The molecule has 6 rings (SSSR count). The van der Waals surface area contributed by atoms with Crippen molar-refractivity contribution in [2.24, 2.45) is 0 Å². The van der Waals surface area contributed by atoms with E-state index >= 15 is 0 Å². The number of fused-ring (bicyclic) bond motifs is 4. The number of benzene rings is 3. The Kier molecular flexibility index (Phi) is 5.59. The second kappa shape index (κ2) is 8.83. The first-order valence-electron chi connectivity index (χ1n) is 12.9. The molecule has 3 aliphatic rings. The molecule has 3 aromatic rings. The molecule has 2 atom stereocenters. The van der Waals surface area contributed by atoms with Crippen molar-refractivity contribution in [3.05, 3.63) is 89.0 Å². The number of aryl methyl sites for hydroxylation is 1. The Hall–Kier alpha value is -4.00. The van der Waals surface area contributed by atoms with Gasteiger partial charge in [-0.3, -0.25) is 9.69 Å². The Bertz CT molecular complexity index is 1360. The van der Waals surface area contributed by atoms with Crippen LogP contribution in [0.3, 0.4) is 0 Å². The molecule has 3 heterocycles. The van der Waals surface area contributed by atoms with E-state index in [-0.39, 0.29) is 18.0 Å². The zero-order valence-corrected chi connectivity index (χ0v) is 21.5. The van der Waals surface area contributed by atoms with E-state index in [4.69, 9.17) is 4.74 Å². The maximum Gasteiger partial charge on any atom is 0.325 e. The molecular weight excluding hydrogens is 464 g/mol. The monoisotopic (exact) mass is 496 g/mol. The molecule has 2 fully saturated rings. The zero-order chi connectivity index (χ0) is 25.7. The summed E-state index contributed by atoms with van der Waals surface area (Å²) in [5.41, 5.74) is 5.35. The third kappa shape index (κ3) is 3.99. The summed E-state index contributed by atoms with van der Waals surface area (Å²) in [5.74, 6) is 0.808. The quantitative estimate of drug-likeness (QED) is 0.552. The minimum Gasteiger partial charge on any atom is -0.467 e. The molecule has 0 spiro atoms. The van der Waals surface area contributed by atoms with Gasteiger partial charge in [0.15, 0.2) is 5.72 Å².